The van der Waals surface area contributed by atoms with Gasteiger partial charge in [0, 0.05) is 11.6 Å². The van der Waals surface area contributed by atoms with Gasteiger partial charge in [-0.15, -0.1) is 11.3 Å². The van der Waals surface area contributed by atoms with E-state index in [4.69, 9.17) is 0 Å². The minimum atomic E-state index is -3.48. The molecule has 2 aromatic rings. The lowest BCUT2D eigenvalue weighted by molar-refractivity contribution is 0.578. The third kappa shape index (κ3) is 3.65. The molecule has 20 heavy (non-hydrogen) atoms. The van der Waals surface area contributed by atoms with Gasteiger partial charge >= 0.3 is 0 Å². The van der Waals surface area contributed by atoms with Crippen LogP contribution in [0.1, 0.15) is 31.3 Å². The molecule has 0 radical (unpaired) electrons. The molecule has 108 valence electrons. The van der Waals surface area contributed by atoms with E-state index < -0.39 is 10.0 Å². The topological polar surface area (TPSA) is 59.1 Å². The van der Waals surface area contributed by atoms with Crippen molar-refractivity contribution in [3.8, 4) is 0 Å². The number of rotatable bonds is 4. The van der Waals surface area contributed by atoms with Crippen molar-refractivity contribution in [2.75, 3.05) is 0 Å². The molecule has 6 heteroatoms. The zero-order valence-electron chi connectivity index (χ0n) is 11.8. The van der Waals surface area contributed by atoms with E-state index in [1.165, 1.54) is 11.3 Å². The lowest BCUT2D eigenvalue weighted by atomic mass is 9.87. The van der Waals surface area contributed by atoms with Crippen LogP contribution in [-0.4, -0.2) is 13.4 Å². The van der Waals surface area contributed by atoms with Crippen LogP contribution in [0.4, 0.5) is 0 Å². The predicted molar refractivity (Wildman–Crippen MR) is 81.3 cm³/mol. The molecule has 0 aliphatic heterocycles. The van der Waals surface area contributed by atoms with Gasteiger partial charge in [0.05, 0.1) is 11.4 Å². The van der Waals surface area contributed by atoms with Crippen molar-refractivity contribution in [3.63, 3.8) is 0 Å². The summed E-state index contributed by atoms with van der Waals surface area (Å²) < 4.78 is 26.9. The zero-order valence-corrected chi connectivity index (χ0v) is 13.4. The summed E-state index contributed by atoms with van der Waals surface area (Å²) in [7, 11) is -3.48. The van der Waals surface area contributed by atoms with Gasteiger partial charge in [-0.3, -0.25) is 0 Å². The molecule has 2 rings (SSSR count). The summed E-state index contributed by atoms with van der Waals surface area (Å²) in [6.07, 6.45) is 1.66. The highest BCUT2D eigenvalue weighted by atomic mass is 32.2. The molecule has 4 nitrogen and oxygen atoms in total. The molecule has 1 N–H and O–H groups in total. The Morgan fingerprint density at radius 3 is 2.35 bits per heavy atom. The maximum Gasteiger partial charge on any atom is 0.240 e. The van der Waals surface area contributed by atoms with Crippen LogP contribution in [0.3, 0.4) is 0 Å². The van der Waals surface area contributed by atoms with Crippen LogP contribution in [0.15, 0.2) is 40.7 Å². The van der Waals surface area contributed by atoms with E-state index in [1.54, 1.807) is 18.3 Å². The fourth-order valence-electron chi connectivity index (χ4n) is 1.71. The normalized spacial score (nSPS) is 12.6. The van der Waals surface area contributed by atoms with E-state index in [0.717, 1.165) is 10.6 Å². The number of sulfonamides is 1. The highest BCUT2D eigenvalue weighted by molar-refractivity contribution is 7.89. The minimum absolute atomic E-state index is 0.0105. The van der Waals surface area contributed by atoms with Crippen LogP contribution in [0.2, 0.25) is 0 Å². The Kier molecular flexibility index (Phi) is 4.27. The molecule has 0 bridgehead atoms. The summed E-state index contributed by atoms with van der Waals surface area (Å²) in [4.78, 5) is 4.33. The van der Waals surface area contributed by atoms with Crippen molar-refractivity contribution in [1.82, 2.24) is 9.71 Å². The van der Waals surface area contributed by atoms with Crippen molar-refractivity contribution in [2.45, 2.75) is 37.6 Å². The molecule has 1 aromatic carbocycles. The van der Waals surface area contributed by atoms with E-state index >= 15 is 0 Å². The summed E-state index contributed by atoms with van der Waals surface area (Å²) in [5, 5.41) is 2.57. The molecule has 0 atom stereocenters. The molecule has 0 unspecified atom stereocenters. The highest BCUT2D eigenvalue weighted by Gasteiger charge is 2.17. The summed E-state index contributed by atoms with van der Waals surface area (Å²) in [6, 6.07) is 7.01. The van der Waals surface area contributed by atoms with E-state index in [0.29, 0.717) is 0 Å². The van der Waals surface area contributed by atoms with Crippen LogP contribution in [0.25, 0.3) is 0 Å². The number of hydrogen-bond donors (Lipinski definition) is 1. The van der Waals surface area contributed by atoms with Crippen LogP contribution >= 0.6 is 11.3 Å². The third-order valence-corrected chi connectivity index (χ3v) is 5.12. The Bertz CT molecular complexity index is 654. The van der Waals surface area contributed by atoms with E-state index in [1.807, 2.05) is 17.5 Å². The average Bonchev–Trinajstić information content (AvgIpc) is 2.89. The molecule has 1 aromatic heterocycles. The quantitative estimate of drug-likeness (QED) is 0.944. The van der Waals surface area contributed by atoms with Crippen LogP contribution in [0.5, 0.6) is 0 Å². The second-order valence-electron chi connectivity index (χ2n) is 5.52. The lowest BCUT2D eigenvalue weighted by Gasteiger charge is -2.19. The first-order valence-corrected chi connectivity index (χ1v) is 8.64. The van der Waals surface area contributed by atoms with Crippen LogP contribution in [-0.2, 0) is 22.0 Å². The maximum atomic E-state index is 12.2. The number of nitrogens with zero attached hydrogens (tertiary/aromatic N) is 1. The van der Waals surface area contributed by atoms with Gasteiger partial charge in [-0.05, 0) is 23.1 Å². The monoisotopic (exact) mass is 310 g/mol. The van der Waals surface area contributed by atoms with Crippen molar-refractivity contribution in [1.29, 1.82) is 0 Å². The van der Waals surface area contributed by atoms with Gasteiger partial charge in [0.1, 0.15) is 5.01 Å². The van der Waals surface area contributed by atoms with Gasteiger partial charge in [0.25, 0.3) is 0 Å². The molecular weight excluding hydrogens is 292 g/mol. The summed E-state index contributed by atoms with van der Waals surface area (Å²) >= 11 is 1.43. The SMILES string of the molecule is CC(C)(C)c1ccc(S(=O)(=O)NCc2nccs2)cc1. The van der Waals surface area contributed by atoms with E-state index in [9.17, 15) is 8.42 Å². The summed E-state index contributed by atoms with van der Waals surface area (Å²) in [5.74, 6) is 0. The smallest absolute Gasteiger partial charge is 0.240 e. The molecule has 0 saturated heterocycles. The molecular formula is C14H18N2O2S2. The first-order chi connectivity index (χ1) is 9.29. The largest absolute Gasteiger partial charge is 0.248 e. The fourth-order valence-corrected chi connectivity index (χ4v) is 3.35. The van der Waals surface area contributed by atoms with Crippen molar-refractivity contribution in [2.24, 2.45) is 0 Å². The summed E-state index contributed by atoms with van der Waals surface area (Å²) in [6.45, 7) is 6.51. The van der Waals surface area contributed by atoms with Gasteiger partial charge in [-0.2, -0.15) is 0 Å². The van der Waals surface area contributed by atoms with Gasteiger partial charge in [-0.1, -0.05) is 32.9 Å². The number of thiazole rings is 1. The second kappa shape index (κ2) is 5.63. The van der Waals surface area contributed by atoms with Crippen molar-refractivity contribution in [3.05, 3.63) is 46.4 Å². The van der Waals surface area contributed by atoms with Crippen molar-refractivity contribution < 1.29 is 8.42 Å². The molecule has 0 aliphatic carbocycles. The van der Waals surface area contributed by atoms with Crippen molar-refractivity contribution >= 4 is 21.4 Å². The Morgan fingerprint density at radius 1 is 1.20 bits per heavy atom. The number of hydrogen-bond acceptors (Lipinski definition) is 4. The Labute approximate surface area is 123 Å². The molecule has 0 fully saturated rings. The Balaban J connectivity index is 2.13. The molecule has 0 aliphatic rings. The van der Waals surface area contributed by atoms with Gasteiger partial charge in [0.15, 0.2) is 0 Å². The van der Waals surface area contributed by atoms with Gasteiger partial charge < -0.3 is 0 Å². The van der Waals surface area contributed by atoms with Gasteiger partial charge in [0.2, 0.25) is 10.0 Å². The number of benzene rings is 1. The molecule has 0 spiro atoms. The fraction of sp³-hybridized carbons (Fsp3) is 0.357. The van der Waals surface area contributed by atoms with E-state index in [-0.39, 0.29) is 16.9 Å². The highest BCUT2D eigenvalue weighted by Crippen LogP contribution is 2.23. The lowest BCUT2D eigenvalue weighted by Crippen LogP contribution is -2.23. The van der Waals surface area contributed by atoms with Crippen LogP contribution in [0, 0.1) is 0 Å². The molecule has 0 amide bonds. The molecule has 0 saturated carbocycles. The molecule has 1 heterocycles. The second-order valence-corrected chi connectivity index (χ2v) is 8.27. The first-order valence-electron chi connectivity index (χ1n) is 6.28. The minimum Gasteiger partial charge on any atom is -0.248 e. The maximum absolute atomic E-state index is 12.2. The number of aromatic nitrogens is 1. The predicted octanol–water partition coefficient (Wildman–Crippen LogP) is 2.92. The van der Waals surface area contributed by atoms with E-state index in [2.05, 4.69) is 30.5 Å². The summed E-state index contributed by atoms with van der Waals surface area (Å²) in [5.41, 5.74) is 1.12. The Hall–Kier alpha value is -1.24. The first kappa shape index (κ1) is 15.2. The van der Waals surface area contributed by atoms with Crippen LogP contribution < -0.4 is 4.72 Å². The standard InChI is InChI=1S/C14H18N2O2S2/c1-14(2,3)11-4-6-12(7-5-11)20(17,18)16-10-13-15-8-9-19-13/h4-9,16H,10H2,1-3H3. The zero-order chi connectivity index (χ0) is 14.8. The Morgan fingerprint density at radius 2 is 1.85 bits per heavy atom. The third-order valence-electron chi connectivity index (χ3n) is 2.93. The number of nitrogens with one attached hydrogen (secondary N) is 1. The average molecular weight is 310 g/mol. The van der Waals surface area contributed by atoms with Gasteiger partial charge in [-0.25, -0.2) is 18.1 Å².